The Morgan fingerprint density at radius 3 is 2.54 bits per heavy atom. The first-order valence-corrected chi connectivity index (χ1v) is 10.0. The van der Waals surface area contributed by atoms with Crippen molar-refractivity contribution < 1.29 is 13.2 Å². The first-order valence-electron chi connectivity index (χ1n) is 8.32. The lowest BCUT2D eigenvalue weighted by molar-refractivity contribution is -0.134. The van der Waals surface area contributed by atoms with Crippen molar-refractivity contribution in [2.75, 3.05) is 37.8 Å². The average molecular weight is 352 g/mol. The maximum atomic E-state index is 12.5. The zero-order valence-electron chi connectivity index (χ0n) is 14.3. The van der Waals surface area contributed by atoms with Gasteiger partial charge in [0, 0.05) is 51.4 Å². The summed E-state index contributed by atoms with van der Waals surface area (Å²) in [5.74, 6) is 0.223. The number of aryl methyl sites for hydroxylation is 1. The molecule has 0 bridgehead atoms. The van der Waals surface area contributed by atoms with E-state index in [0.717, 1.165) is 12.0 Å². The quantitative estimate of drug-likeness (QED) is 0.781. The summed E-state index contributed by atoms with van der Waals surface area (Å²) < 4.78 is 25.0. The number of hydrogen-bond acceptors (Lipinski definition) is 6. The number of fused-ring (bicyclic) bond motifs is 1. The van der Waals surface area contributed by atoms with E-state index in [1.165, 1.54) is 0 Å². The Balaban J connectivity index is 1.86. The van der Waals surface area contributed by atoms with E-state index >= 15 is 0 Å². The molecule has 1 amide bonds. The van der Waals surface area contributed by atoms with Crippen LogP contribution in [0.2, 0.25) is 0 Å². The molecule has 0 unspecified atom stereocenters. The summed E-state index contributed by atoms with van der Waals surface area (Å²) in [7, 11) is 0.270. The van der Waals surface area contributed by atoms with Crippen molar-refractivity contribution in [3.8, 4) is 0 Å². The summed E-state index contributed by atoms with van der Waals surface area (Å²) in [6, 6.07) is 0. The number of sulfone groups is 1. The van der Waals surface area contributed by atoms with Crippen LogP contribution in [0.15, 0.2) is 12.4 Å². The Bertz CT molecular complexity index is 717. The summed E-state index contributed by atoms with van der Waals surface area (Å²) >= 11 is 0. The highest BCUT2D eigenvalue weighted by molar-refractivity contribution is 7.92. The van der Waals surface area contributed by atoms with Crippen molar-refractivity contribution in [3.05, 3.63) is 18.0 Å². The number of hydrogen-bond donors (Lipinski definition) is 0. The Morgan fingerprint density at radius 1 is 1.29 bits per heavy atom. The third kappa shape index (κ3) is 2.99. The van der Waals surface area contributed by atoms with Crippen LogP contribution in [0.4, 0.5) is 5.95 Å². The van der Waals surface area contributed by atoms with Gasteiger partial charge in [0.05, 0.1) is 11.0 Å². The fraction of sp³-hybridized carbons (Fsp3) is 0.688. The maximum absolute atomic E-state index is 12.5. The zero-order valence-corrected chi connectivity index (χ0v) is 15.2. The van der Waals surface area contributed by atoms with E-state index in [1.807, 2.05) is 11.8 Å². The maximum Gasteiger partial charge on any atom is 0.225 e. The van der Waals surface area contributed by atoms with E-state index < -0.39 is 15.1 Å². The number of nitrogens with zero attached hydrogens (tertiary/aromatic N) is 4. The highest BCUT2D eigenvalue weighted by atomic mass is 32.2. The molecule has 7 nitrogen and oxygen atoms in total. The molecule has 2 saturated heterocycles. The molecule has 0 spiro atoms. The van der Waals surface area contributed by atoms with Crippen molar-refractivity contribution >= 4 is 21.7 Å². The second-order valence-electron chi connectivity index (χ2n) is 6.85. The van der Waals surface area contributed by atoms with E-state index in [4.69, 9.17) is 0 Å². The fourth-order valence-electron chi connectivity index (χ4n) is 3.72. The predicted molar refractivity (Wildman–Crippen MR) is 91.5 cm³/mol. The minimum atomic E-state index is -3.17. The van der Waals surface area contributed by atoms with Crippen molar-refractivity contribution in [3.63, 3.8) is 0 Å². The molecule has 2 aliphatic heterocycles. The molecule has 8 heteroatoms. The van der Waals surface area contributed by atoms with Crippen molar-refractivity contribution in [1.29, 1.82) is 0 Å². The summed E-state index contributed by atoms with van der Waals surface area (Å²) in [6.45, 7) is 2.92. The third-order valence-electron chi connectivity index (χ3n) is 5.14. The molecular weight excluding hydrogens is 328 g/mol. The van der Waals surface area contributed by atoms with E-state index in [-0.39, 0.29) is 23.5 Å². The van der Waals surface area contributed by atoms with Gasteiger partial charge < -0.3 is 9.80 Å². The molecule has 24 heavy (non-hydrogen) atoms. The molecule has 132 valence electrons. The number of amides is 1. The normalized spacial score (nSPS) is 28.5. The lowest BCUT2D eigenvalue weighted by Gasteiger charge is -2.33. The Kier molecular flexibility index (Phi) is 4.50. The zero-order chi connectivity index (χ0) is 17.5. The highest BCUT2D eigenvalue weighted by Crippen LogP contribution is 2.38. The molecule has 3 heterocycles. The van der Waals surface area contributed by atoms with Gasteiger partial charge in [-0.25, -0.2) is 18.4 Å². The van der Waals surface area contributed by atoms with E-state index in [2.05, 4.69) is 9.97 Å². The van der Waals surface area contributed by atoms with Crippen LogP contribution in [-0.4, -0.2) is 67.4 Å². The molecule has 0 radical (unpaired) electrons. The van der Waals surface area contributed by atoms with Crippen LogP contribution >= 0.6 is 0 Å². The summed E-state index contributed by atoms with van der Waals surface area (Å²) in [5.41, 5.74) is 1.05. The number of carbonyl (C=O) groups is 1. The van der Waals surface area contributed by atoms with Crippen molar-refractivity contribution in [1.82, 2.24) is 14.9 Å². The monoisotopic (exact) mass is 352 g/mol. The SMILES string of the molecule is CCc1cnc(N2C[C@H]3[C@H](C(=O)N(C)C)CCS(=O)(=O)[C@H]3C2)nc1. The van der Waals surface area contributed by atoms with Gasteiger partial charge in [-0.05, 0) is 18.4 Å². The molecule has 0 aliphatic carbocycles. The van der Waals surface area contributed by atoms with Gasteiger partial charge in [0.1, 0.15) is 0 Å². The second-order valence-corrected chi connectivity index (χ2v) is 9.19. The van der Waals surface area contributed by atoms with Gasteiger partial charge in [0.15, 0.2) is 9.84 Å². The number of anilines is 1. The topological polar surface area (TPSA) is 83.5 Å². The Morgan fingerprint density at radius 2 is 1.96 bits per heavy atom. The largest absolute Gasteiger partial charge is 0.349 e. The first-order chi connectivity index (χ1) is 11.3. The summed E-state index contributed by atoms with van der Waals surface area (Å²) in [5, 5.41) is -0.505. The lowest BCUT2D eigenvalue weighted by Crippen LogP contribution is -2.46. The van der Waals surface area contributed by atoms with Crippen LogP contribution in [0.25, 0.3) is 0 Å². The third-order valence-corrected chi connectivity index (χ3v) is 7.37. The van der Waals surface area contributed by atoms with Gasteiger partial charge in [-0.3, -0.25) is 4.79 Å². The lowest BCUT2D eigenvalue weighted by atomic mass is 9.87. The molecule has 0 saturated carbocycles. The molecule has 3 rings (SSSR count). The molecule has 0 aromatic carbocycles. The fourth-order valence-corrected chi connectivity index (χ4v) is 5.82. The molecule has 2 fully saturated rings. The minimum Gasteiger partial charge on any atom is -0.349 e. The molecule has 0 N–H and O–H groups in total. The first kappa shape index (κ1) is 17.1. The standard InChI is InChI=1S/C16H24N4O3S/c1-4-11-7-17-16(18-8-11)20-9-13-12(15(21)19(2)3)5-6-24(22,23)14(13)10-20/h7-8,12-14H,4-6,9-10H2,1-3H3/t12-,13+,14+/m1/s1. The van der Waals surface area contributed by atoms with Crippen LogP contribution in [0.3, 0.4) is 0 Å². The van der Waals surface area contributed by atoms with Crippen LogP contribution in [0.1, 0.15) is 18.9 Å². The van der Waals surface area contributed by atoms with Gasteiger partial charge >= 0.3 is 0 Å². The molecule has 2 aliphatic rings. The Hall–Kier alpha value is -1.70. The number of aromatic nitrogens is 2. The van der Waals surface area contributed by atoms with Crippen LogP contribution in [0, 0.1) is 11.8 Å². The summed E-state index contributed by atoms with van der Waals surface area (Å²) in [4.78, 5) is 24.7. The van der Waals surface area contributed by atoms with Crippen molar-refractivity contribution in [2.45, 2.75) is 25.0 Å². The van der Waals surface area contributed by atoms with Crippen LogP contribution in [-0.2, 0) is 21.1 Å². The number of rotatable bonds is 3. The smallest absolute Gasteiger partial charge is 0.225 e. The van der Waals surface area contributed by atoms with Gasteiger partial charge in [0.2, 0.25) is 11.9 Å². The van der Waals surface area contributed by atoms with Crippen LogP contribution in [0.5, 0.6) is 0 Å². The van der Waals surface area contributed by atoms with E-state index in [1.54, 1.807) is 31.4 Å². The van der Waals surface area contributed by atoms with Crippen LogP contribution < -0.4 is 4.90 Å². The summed E-state index contributed by atoms with van der Waals surface area (Å²) in [6.07, 6.45) is 4.83. The minimum absolute atomic E-state index is 0.0176. The van der Waals surface area contributed by atoms with E-state index in [0.29, 0.717) is 25.5 Å². The average Bonchev–Trinajstić information content (AvgIpc) is 3.01. The van der Waals surface area contributed by atoms with Crippen molar-refractivity contribution in [2.24, 2.45) is 11.8 Å². The second kappa shape index (κ2) is 6.31. The highest BCUT2D eigenvalue weighted by Gasteiger charge is 2.51. The Labute approximate surface area is 143 Å². The predicted octanol–water partition coefficient (Wildman–Crippen LogP) is 0.367. The van der Waals surface area contributed by atoms with Gasteiger partial charge in [-0.1, -0.05) is 6.92 Å². The van der Waals surface area contributed by atoms with Gasteiger partial charge in [-0.2, -0.15) is 0 Å². The molecule has 3 atom stereocenters. The van der Waals surface area contributed by atoms with E-state index in [9.17, 15) is 13.2 Å². The molecule has 1 aromatic heterocycles. The molecule has 1 aromatic rings. The molecular formula is C16H24N4O3S. The number of carbonyl (C=O) groups excluding carboxylic acids is 1. The van der Waals surface area contributed by atoms with Gasteiger partial charge in [-0.15, -0.1) is 0 Å². The van der Waals surface area contributed by atoms with Gasteiger partial charge in [0.25, 0.3) is 0 Å².